The second-order valence-corrected chi connectivity index (χ2v) is 7.22. The maximum Gasteiger partial charge on any atom is 0.416 e. The zero-order chi connectivity index (χ0) is 20.1. The van der Waals surface area contributed by atoms with Crippen LogP contribution in [0.1, 0.15) is 11.1 Å². The molecule has 1 aliphatic heterocycles. The van der Waals surface area contributed by atoms with Gasteiger partial charge < -0.3 is 4.90 Å². The van der Waals surface area contributed by atoms with E-state index >= 15 is 0 Å². The van der Waals surface area contributed by atoms with Gasteiger partial charge in [0.25, 0.3) is 0 Å². The van der Waals surface area contributed by atoms with E-state index in [0.29, 0.717) is 17.1 Å². The maximum atomic E-state index is 13.1. The molecule has 0 fully saturated rings. The molecule has 4 rings (SSSR count). The molecule has 0 spiro atoms. The van der Waals surface area contributed by atoms with Crippen LogP contribution in [-0.2, 0) is 12.4 Å². The first-order valence-electron chi connectivity index (χ1n) is 8.10. The summed E-state index contributed by atoms with van der Waals surface area (Å²) < 4.78 is 78.7. The van der Waals surface area contributed by atoms with E-state index in [4.69, 9.17) is 0 Å². The third-order valence-corrected chi connectivity index (χ3v) is 5.38. The molecular weight excluding hydrogens is 400 g/mol. The molecule has 0 saturated carbocycles. The lowest BCUT2D eigenvalue weighted by Crippen LogP contribution is -2.17. The first kappa shape index (κ1) is 18.7. The number of benzene rings is 3. The summed E-state index contributed by atoms with van der Waals surface area (Å²) in [6.45, 7) is 0. The van der Waals surface area contributed by atoms with E-state index in [-0.39, 0.29) is 9.79 Å². The summed E-state index contributed by atoms with van der Waals surface area (Å²) in [6.07, 6.45) is -9.08. The number of fused-ring (bicyclic) bond motifs is 2. The van der Waals surface area contributed by atoms with Gasteiger partial charge in [0.1, 0.15) is 0 Å². The summed E-state index contributed by atoms with van der Waals surface area (Å²) >= 11 is 0.900. The number of hydrogen-bond donors (Lipinski definition) is 0. The molecule has 0 bridgehead atoms. The quantitative estimate of drug-likeness (QED) is 0.296. The number of nitrogens with zero attached hydrogens (tertiary/aromatic N) is 1. The van der Waals surface area contributed by atoms with E-state index in [0.717, 1.165) is 36.0 Å². The molecule has 0 atom stereocenters. The summed E-state index contributed by atoms with van der Waals surface area (Å²) in [5.41, 5.74) is -0.0814. The van der Waals surface area contributed by atoms with Crippen molar-refractivity contribution in [3.05, 3.63) is 77.9 Å². The lowest BCUT2D eigenvalue weighted by molar-refractivity contribution is -0.138. The van der Waals surface area contributed by atoms with Crippen LogP contribution in [0, 0.1) is 0 Å². The van der Waals surface area contributed by atoms with Gasteiger partial charge in [-0.2, -0.15) is 26.3 Å². The van der Waals surface area contributed by atoms with E-state index in [1.807, 2.05) is 0 Å². The summed E-state index contributed by atoms with van der Waals surface area (Å²) in [4.78, 5) is 2.15. The molecule has 1 aliphatic rings. The van der Waals surface area contributed by atoms with E-state index < -0.39 is 23.5 Å². The lowest BCUT2D eigenvalue weighted by Gasteiger charge is -2.33. The van der Waals surface area contributed by atoms with Gasteiger partial charge in [0.05, 0.1) is 22.5 Å². The van der Waals surface area contributed by atoms with Crippen molar-refractivity contribution in [1.29, 1.82) is 0 Å². The molecule has 3 aromatic rings. The summed E-state index contributed by atoms with van der Waals surface area (Å²) in [7, 11) is 0. The van der Waals surface area contributed by atoms with Crippen LogP contribution in [-0.4, -0.2) is 0 Å². The van der Waals surface area contributed by atoms with Crippen molar-refractivity contribution in [2.24, 2.45) is 0 Å². The highest BCUT2D eigenvalue weighted by Crippen LogP contribution is 2.53. The molecule has 144 valence electrons. The van der Waals surface area contributed by atoms with Crippen molar-refractivity contribution in [2.45, 2.75) is 22.1 Å². The standard InChI is InChI=1S/C20H11F6NS/c21-19(22,23)12-6-8-15-17(10-12)28-18-11-13(20(24,25)26)7-9-16(18)27(15)14-4-2-1-3-5-14/h1-11H. The minimum absolute atomic E-state index is 0.241. The molecule has 0 radical (unpaired) electrons. The Labute approximate surface area is 160 Å². The van der Waals surface area contributed by atoms with Gasteiger partial charge in [0.15, 0.2) is 0 Å². The molecule has 1 nitrogen and oxygen atoms in total. The lowest BCUT2D eigenvalue weighted by atomic mass is 10.1. The minimum Gasteiger partial charge on any atom is -0.308 e. The van der Waals surface area contributed by atoms with Gasteiger partial charge in [-0.15, -0.1) is 0 Å². The Morgan fingerprint density at radius 3 is 1.50 bits per heavy atom. The van der Waals surface area contributed by atoms with Crippen molar-refractivity contribution in [2.75, 3.05) is 4.90 Å². The highest BCUT2D eigenvalue weighted by molar-refractivity contribution is 7.99. The van der Waals surface area contributed by atoms with Crippen LogP contribution < -0.4 is 4.90 Å². The Morgan fingerprint density at radius 1 is 0.607 bits per heavy atom. The van der Waals surface area contributed by atoms with Crippen LogP contribution in [0.2, 0.25) is 0 Å². The Morgan fingerprint density at radius 2 is 1.07 bits per heavy atom. The van der Waals surface area contributed by atoms with Gasteiger partial charge in [-0.3, -0.25) is 0 Å². The molecule has 0 saturated heterocycles. The summed E-state index contributed by atoms with van der Waals surface area (Å²) in [6, 6.07) is 15.4. The van der Waals surface area contributed by atoms with Gasteiger partial charge in [-0.1, -0.05) is 30.0 Å². The number of anilines is 3. The summed E-state index contributed by atoms with van der Waals surface area (Å²) in [5, 5.41) is 0. The third kappa shape index (κ3) is 3.32. The molecule has 0 N–H and O–H groups in total. The second kappa shape index (κ2) is 6.48. The average Bonchev–Trinajstić information content (AvgIpc) is 2.64. The predicted molar refractivity (Wildman–Crippen MR) is 95.3 cm³/mol. The van der Waals surface area contributed by atoms with Gasteiger partial charge in [-0.05, 0) is 48.5 Å². The van der Waals surface area contributed by atoms with E-state index in [9.17, 15) is 26.3 Å². The molecular formula is C20H11F6NS. The van der Waals surface area contributed by atoms with Gasteiger partial charge in [0, 0.05) is 15.5 Å². The van der Waals surface area contributed by atoms with Crippen LogP contribution in [0.25, 0.3) is 0 Å². The smallest absolute Gasteiger partial charge is 0.308 e. The average molecular weight is 411 g/mol. The molecule has 1 heterocycles. The van der Waals surface area contributed by atoms with Crippen LogP contribution in [0.5, 0.6) is 0 Å². The highest BCUT2D eigenvalue weighted by atomic mass is 32.2. The fraction of sp³-hybridized carbons (Fsp3) is 0.100. The third-order valence-electron chi connectivity index (χ3n) is 4.29. The number of halogens is 6. The van der Waals surface area contributed by atoms with E-state index in [1.54, 1.807) is 35.2 Å². The van der Waals surface area contributed by atoms with Crippen LogP contribution in [0.3, 0.4) is 0 Å². The molecule has 0 aromatic heterocycles. The van der Waals surface area contributed by atoms with Crippen LogP contribution in [0.15, 0.2) is 76.5 Å². The normalized spacial score (nSPS) is 13.9. The van der Waals surface area contributed by atoms with Crippen molar-refractivity contribution in [3.63, 3.8) is 0 Å². The van der Waals surface area contributed by atoms with Gasteiger partial charge >= 0.3 is 12.4 Å². The van der Waals surface area contributed by atoms with Crippen LogP contribution in [0.4, 0.5) is 43.4 Å². The molecule has 0 unspecified atom stereocenters. The van der Waals surface area contributed by atoms with Crippen molar-refractivity contribution in [1.82, 2.24) is 0 Å². The molecule has 8 heteroatoms. The highest BCUT2D eigenvalue weighted by Gasteiger charge is 2.35. The van der Waals surface area contributed by atoms with E-state index in [1.165, 1.54) is 12.1 Å². The van der Waals surface area contributed by atoms with Crippen LogP contribution >= 0.6 is 11.8 Å². The number of alkyl halides is 6. The minimum atomic E-state index is -4.54. The Bertz CT molecular complexity index is 964. The zero-order valence-corrected chi connectivity index (χ0v) is 14.8. The second-order valence-electron chi connectivity index (χ2n) is 6.13. The van der Waals surface area contributed by atoms with Crippen molar-refractivity contribution >= 4 is 28.8 Å². The molecule has 0 amide bonds. The zero-order valence-electron chi connectivity index (χ0n) is 14.0. The van der Waals surface area contributed by atoms with Gasteiger partial charge in [0.2, 0.25) is 0 Å². The Balaban J connectivity index is 1.92. The fourth-order valence-electron chi connectivity index (χ4n) is 3.02. The van der Waals surface area contributed by atoms with E-state index in [2.05, 4.69) is 0 Å². The topological polar surface area (TPSA) is 3.24 Å². The summed E-state index contributed by atoms with van der Waals surface area (Å²) in [5.74, 6) is 0. The SMILES string of the molecule is FC(F)(F)c1ccc2c(c1)Sc1cc(C(F)(F)F)ccc1N2c1ccccc1. The largest absolute Gasteiger partial charge is 0.416 e. The van der Waals surface area contributed by atoms with Crippen molar-refractivity contribution < 1.29 is 26.3 Å². The monoisotopic (exact) mass is 411 g/mol. The first-order chi connectivity index (χ1) is 13.1. The molecule has 0 aliphatic carbocycles. The molecule has 28 heavy (non-hydrogen) atoms. The van der Waals surface area contributed by atoms with Gasteiger partial charge in [-0.25, -0.2) is 0 Å². The Hall–Kier alpha value is -2.61. The predicted octanol–water partition coefficient (Wildman–Crippen LogP) is 7.66. The fourth-order valence-corrected chi connectivity index (χ4v) is 4.15. The number of hydrogen-bond acceptors (Lipinski definition) is 2. The Kier molecular flexibility index (Phi) is 4.33. The molecule has 3 aromatic carbocycles. The van der Waals surface area contributed by atoms with Crippen molar-refractivity contribution in [3.8, 4) is 0 Å². The first-order valence-corrected chi connectivity index (χ1v) is 8.92. The maximum absolute atomic E-state index is 13.1. The number of rotatable bonds is 1. The number of para-hydroxylation sites is 1.